The molecular weight excluding hydrogens is 508 g/mol. The number of aliphatic hydroxyl groups excluding tert-OH is 4. The van der Waals surface area contributed by atoms with Crippen LogP contribution in [0.1, 0.15) is 71.4 Å². The van der Waals surface area contributed by atoms with E-state index in [-0.39, 0.29) is 47.6 Å². The summed E-state index contributed by atoms with van der Waals surface area (Å²) in [7, 11) is 0. The van der Waals surface area contributed by atoms with Crippen molar-refractivity contribution in [1.29, 1.82) is 0 Å². The number of hydrogen-bond donors (Lipinski definition) is 5. The first-order chi connectivity index (χ1) is 18.5. The second-order valence-corrected chi connectivity index (χ2v) is 10.4. The van der Waals surface area contributed by atoms with Crippen molar-refractivity contribution in [3.63, 3.8) is 0 Å². The van der Waals surface area contributed by atoms with E-state index in [0.29, 0.717) is 5.69 Å². The van der Waals surface area contributed by atoms with E-state index < -0.39 is 49.1 Å². The van der Waals surface area contributed by atoms with Gasteiger partial charge in [0.1, 0.15) is 36.8 Å². The van der Waals surface area contributed by atoms with Crippen molar-refractivity contribution in [1.82, 2.24) is 0 Å². The van der Waals surface area contributed by atoms with Gasteiger partial charge in [0.05, 0.1) is 35.7 Å². The first-order valence-corrected chi connectivity index (χ1v) is 13.0. The second-order valence-electron chi connectivity index (χ2n) is 10.4. The number of nitrogens with zero attached hydrogens (tertiary/aromatic N) is 1. The zero-order chi connectivity index (χ0) is 28.6. The van der Waals surface area contributed by atoms with Crippen LogP contribution in [0.4, 0.5) is 11.4 Å². The number of fused-ring (bicyclic) bond motifs is 1. The highest BCUT2D eigenvalue weighted by Crippen LogP contribution is 2.41. The Labute approximate surface area is 226 Å². The Hall–Kier alpha value is -3.06. The average Bonchev–Trinajstić information content (AvgIpc) is 3.13. The maximum Gasteiger partial charge on any atom is 0.266 e. The zero-order valence-corrected chi connectivity index (χ0v) is 22.4. The number of rotatable bonds is 9. The van der Waals surface area contributed by atoms with Crippen LogP contribution in [-0.2, 0) is 9.47 Å². The third-order valence-electron chi connectivity index (χ3n) is 7.05. The highest BCUT2D eigenvalue weighted by molar-refractivity contribution is 6.35. The Morgan fingerprint density at radius 3 is 2.08 bits per heavy atom. The minimum absolute atomic E-state index is 0.0719. The molecule has 0 aliphatic carbocycles. The summed E-state index contributed by atoms with van der Waals surface area (Å²) in [5.41, 5.74) is 9.07. The molecule has 4 rings (SSSR count). The SMILES string of the molecule is CC(C)c1cccc(C(C)C)c1N1C(=O)c2cc(N)c(OCCO[C@@H]3OC(CO)[C@@H](O)[C@H](O)C3O)cc2C1=O. The molecule has 0 saturated carbocycles. The molecule has 2 amide bonds. The number of nitrogens with two attached hydrogens (primary N) is 1. The maximum atomic E-state index is 13.6. The number of para-hydroxylation sites is 1. The predicted octanol–water partition coefficient (Wildman–Crippen LogP) is 1.51. The van der Waals surface area contributed by atoms with Crippen molar-refractivity contribution in [2.45, 2.75) is 70.2 Å². The molecule has 0 bridgehead atoms. The van der Waals surface area contributed by atoms with E-state index >= 15 is 0 Å². The number of hydrogen-bond acceptors (Lipinski definition) is 10. The normalized spacial score (nSPS) is 25.1. The second kappa shape index (κ2) is 11.6. The van der Waals surface area contributed by atoms with E-state index in [1.165, 1.54) is 17.0 Å². The van der Waals surface area contributed by atoms with Crippen LogP contribution in [-0.4, -0.2) is 82.8 Å². The highest BCUT2D eigenvalue weighted by atomic mass is 16.7. The third-order valence-corrected chi connectivity index (χ3v) is 7.05. The van der Waals surface area contributed by atoms with Crippen molar-refractivity contribution in [2.24, 2.45) is 0 Å². The molecule has 1 fully saturated rings. The van der Waals surface area contributed by atoms with Gasteiger partial charge in [-0.05, 0) is 35.1 Å². The number of carbonyl (C=O) groups is 2. The van der Waals surface area contributed by atoms with Gasteiger partial charge in [-0.3, -0.25) is 9.59 Å². The molecule has 2 heterocycles. The van der Waals surface area contributed by atoms with Crippen molar-refractivity contribution in [3.05, 3.63) is 52.6 Å². The van der Waals surface area contributed by atoms with Crippen LogP contribution >= 0.6 is 0 Å². The zero-order valence-electron chi connectivity index (χ0n) is 22.4. The van der Waals surface area contributed by atoms with E-state index in [1.54, 1.807) is 0 Å². The highest BCUT2D eigenvalue weighted by Gasteiger charge is 2.44. The van der Waals surface area contributed by atoms with E-state index in [1.807, 2.05) is 45.9 Å². The average molecular weight is 545 g/mol. The van der Waals surface area contributed by atoms with Gasteiger partial charge < -0.3 is 40.4 Å². The molecule has 0 radical (unpaired) electrons. The Kier molecular flexibility index (Phi) is 8.60. The summed E-state index contributed by atoms with van der Waals surface area (Å²) in [5.74, 6) is -0.580. The van der Waals surface area contributed by atoms with Crippen LogP contribution in [0.2, 0.25) is 0 Å². The molecular formula is C28H36N2O9. The summed E-state index contributed by atoms with van der Waals surface area (Å²) in [6.07, 6.45) is -6.98. The molecule has 11 nitrogen and oxygen atoms in total. The standard InChI is InChI=1S/C28H36N2O9/c1-13(2)15-6-5-7-16(14(3)4)22(15)30-26(35)17-10-19(29)20(11-18(17)27(30)36)37-8-9-38-28-25(34)24(33)23(32)21(12-31)39-28/h5-7,10-11,13-14,21,23-25,28,31-34H,8-9,12,29H2,1-4H3/t21?,23-,24+,25?,28-/m1/s1. The van der Waals surface area contributed by atoms with Gasteiger partial charge >= 0.3 is 0 Å². The summed E-state index contributed by atoms with van der Waals surface area (Å²) in [5, 5.41) is 39.2. The summed E-state index contributed by atoms with van der Waals surface area (Å²) >= 11 is 0. The summed E-state index contributed by atoms with van der Waals surface area (Å²) in [6.45, 7) is 7.29. The minimum Gasteiger partial charge on any atom is -0.489 e. The van der Waals surface area contributed by atoms with E-state index in [0.717, 1.165) is 11.1 Å². The summed E-state index contributed by atoms with van der Waals surface area (Å²) in [4.78, 5) is 28.3. The van der Waals surface area contributed by atoms with Crippen LogP contribution in [0.25, 0.3) is 0 Å². The number of nitrogen functional groups attached to an aromatic ring is 1. The lowest BCUT2D eigenvalue weighted by atomic mass is 9.92. The largest absolute Gasteiger partial charge is 0.489 e. The first kappa shape index (κ1) is 28.9. The lowest BCUT2D eigenvalue weighted by Crippen LogP contribution is -2.59. The Morgan fingerprint density at radius 1 is 0.923 bits per heavy atom. The van der Waals surface area contributed by atoms with Gasteiger partial charge in [0.2, 0.25) is 0 Å². The van der Waals surface area contributed by atoms with Crippen molar-refractivity contribution in [2.75, 3.05) is 30.5 Å². The third kappa shape index (κ3) is 5.38. The molecule has 6 N–H and O–H groups in total. The number of carbonyl (C=O) groups excluding carboxylic acids is 2. The van der Waals surface area contributed by atoms with Gasteiger partial charge in [-0.25, -0.2) is 4.90 Å². The quantitative estimate of drug-likeness (QED) is 0.177. The molecule has 1 saturated heterocycles. The van der Waals surface area contributed by atoms with Gasteiger partial charge in [0.15, 0.2) is 6.29 Å². The van der Waals surface area contributed by atoms with Gasteiger partial charge in [-0.2, -0.15) is 0 Å². The Bertz CT molecular complexity index is 1200. The van der Waals surface area contributed by atoms with Gasteiger partial charge in [-0.15, -0.1) is 0 Å². The number of amides is 2. The van der Waals surface area contributed by atoms with Gasteiger partial charge in [0, 0.05) is 0 Å². The molecule has 39 heavy (non-hydrogen) atoms. The summed E-state index contributed by atoms with van der Waals surface area (Å²) in [6, 6.07) is 8.65. The van der Waals surface area contributed by atoms with E-state index in [2.05, 4.69) is 0 Å². The lowest BCUT2D eigenvalue weighted by molar-refractivity contribution is -0.301. The molecule has 2 aliphatic heterocycles. The number of imide groups is 1. The molecule has 2 aromatic carbocycles. The number of anilines is 2. The first-order valence-electron chi connectivity index (χ1n) is 13.0. The molecule has 5 atom stereocenters. The fraction of sp³-hybridized carbons (Fsp3) is 0.500. The van der Waals surface area contributed by atoms with E-state index in [4.69, 9.17) is 19.9 Å². The van der Waals surface area contributed by atoms with Crippen LogP contribution in [0, 0.1) is 0 Å². The predicted molar refractivity (Wildman–Crippen MR) is 142 cm³/mol. The maximum absolute atomic E-state index is 13.6. The fourth-order valence-electron chi connectivity index (χ4n) is 4.90. The van der Waals surface area contributed by atoms with Crippen LogP contribution in [0.15, 0.2) is 30.3 Å². The molecule has 2 unspecified atom stereocenters. The smallest absolute Gasteiger partial charge is 0.266 e. The molecule has 0 aromatic heterocycles. The number of aliphatic hydroxyl groups is 4. The topological polar surface area (TPSA) is 172 Å². The van der Waals surface area contributed by atoms with Crippen LogP contribution in [0.5, 0.6) is 5.75 Å². The Balaban J connectivity index is 1.50. The Morgan fingerprint density at radius 2 is 1.51 bits per heavy atom. The van der Waals surface area contributed by atoms with Crippen molar-refractivity contribution in [3.8, 4) is 5.75 Å². The minimum atomic E-state index is -1.56. The summed E-state index contributed by atoms with van der Waals surface area (Å²) < 4.78 is 16.4. The number of benzene rings is 2. The monoisotopic (exact) mass is 544 g/mol. The van der Waals surface area contributed by atoms with Crippen LogP contribution < -0.4 is 15.4 Å². The van der Waals surface area contributed by atoms with Crippen molar-refractivity contribution >= 4 is 23.2 Å². The van der Waals surface area contributed by atoms with Crippen molar-refractivity contribution < 1.29 is 44.2 Å². The molecule has 212 valence electrons. The molecule has 11 heteroatoms. The van der Waals surface area contributed by atoms with E-state index in [9.17, 15) is 30.0 Å². The lowest BCUT2D eigenvalue weighted by Gasteiger charge is -2.39. The molecule has 2 aliphatic rings. The fourth-order valence-corrected chi connectivity index (χ4v) is 4.90. The van der Waals surface area contributed by atoms with Crippen LogP contribution in [0.3, 0.4) is 0 Å². The van der Waals surface area contributed by atoms with Gasteiger partial charge in [-0.1, -0.05) is 45.9 Å². The number of ether oxygens (including phenoxy) is 3. The molecule has 2 aromatic rings. The van der Waals surface area contributed by atoms with Gasteiger partial charge in [0.25, 0.3) is 11.8 Å². The molecule has 0 spiro atoms.